The Bertz CT molecular complexity index is 538. The molecule has 0 aliphatic heterocycles. The standard InChI is InChI=1S/C12H13N5/c1-17-7-4-11(16-17)3-6-15-12-9-14-5-2-10(12)8-13/h2,4-5,7,9,15H,3,6H2,1H3. The zero-order chi connectivity index (χ0) is 12.1. The van der Waals surface area contributed by atoms with Crippen LogP contribution in [0.25, 0.3) is 0 Å². The van der Waals surface area contributed by atoms with Gasteiger partial charge in [0.25, 0.3) is 0 Å². The predicted molar refractivity (Wildman–Crippen MR) is 64.4 cm³/mol. The maximum atomic E-state index is 8.90. The van der Waals surface area contributed by atoms with E-state index < -0.39 is 0 Å². The smallest absolute Gasteiger partial charge is 0.101 e. The normalized spacial score (nSPS) is 9.88. The number of anilines is 1. The van der Waals surface area contributed by atoms with Crippen LogP contribution in [0.4, 0.5) is 5.69 Å². The molecule has 0 atom stereocenters. The Labute approximate surface area is 99.7 Å². The highest BCUT2D eigenvalue weighted by Gasteiger charge is 2.01. The summed E-state index contributed by atoms with van der Waals surface area (Å²) in [4.78, 5) is 3.99. The monoisotopic (exact) mass is 227 g/mol. The highest BCUT2D eigenvalue weighted by atomic mass is 15.2. The van der Waals surface area contributed by atoms with Crippen LogP contribution in [-0.2, 0) is 13.5 Å². The SMILES string of the molecule is Cn1ccc(CCNc2cnccc2C#N)n1. The zero-order valence-corrected chi connectivity index (χ0v) is 9.59. The van der Waals surface area contributed by atoms with E-state index in [9.17, 15) is 0 Å². The highest BCUT2D eigenvalue weighted by Crippen LogP contribution is 2.11. The average Bonchev–Trinajstić information content (AvgIpc) is 2.76. The Morgan fingerprint density at radius 2 is 2.35 bits per heavy atom. The van der Waals surface area contributed by atoms with Gasteiger partial charge in [0.05, 0.1) is 23.1 Å². The minimum absolute atomic E-state index is 0.612. The van der Waals surface area contributed by atoms with E-state index in [4.69, 9.17) is 5.26 Å². The number of aromatic nitrogens is 3. The van der Waals surface area contributed by atoms with E-state index in [-0.39, 0.29) is 0 Å². The second-order valence-corrected chi connectivity index (χ2v) is 3.69. The van der Waals surface area contributed by atoms with Gasteiger partial charge in [0.2, 0.25) is 0 Å². The molecule has 0 amide bonds. The first-order valence-electron chi connectivity index (χ1n) is 5.36. The molecule has 5 heteroatoms. The summed E-state index contributed by atoms with van der Waals surface area (Å²) in [6.07, 6.45) is 6.01. The highest BCUT2D eigenvalue weighted by molar-refractivity contribution is 5.55. The van der Waals surface area contributed by atoms with Gasteiger partial charge in [0.15, 0.2) is 0 Å². The summed E-state index contributed by atoms with van der Waals surface area (Å²) in [7, 11) is 1.89. The molecular weight excluding hydrogens is 214 g/mol. The fraction of sp³-hybridized carbons (Fsp3) is 0.250. The number of rotatable bonds is 4. The van der Waals surface area contributed by atoms with Crippen molar-refractivity contribution in [3.05, 3.63) is 42.0 Å². The Hall–Kier alpha value is -2.35. The van der Waals surface area contributed by atoms with Crippen LogP contribution in [0, 0.1) is 11.3 Å². The molecule has 5 nitrogen and oxygen atoms in total. The van der Waals surface area contributed by atoms with E-state index in [1.165, 1.54) is 0 Å². The molecule has 0 radical (unpaired) electrons. The van der Waals surface area contributed by atoms with Gasteiger partial charge in [-0.25, -0.2) is 0 Å². The van der Waals surface area contributed by atoms with Crippen LogP contribution >= 0.6 is 0 Å². The lowest BCUT2D eigenvalue weighted by molar-refractivity contribution is 0.742. The summed E-state index contributed by atoms with van der Waals surface area (Å²) >= 11 is 0. The van der Waals surface area contributed by atoms with Gasteiger partial charge in [-0.3, -0.25) is 9.67 Å². The van der Waals surface area contributed by atoms with Gasteiger partial charge in [-0.05, 0) is 12.1 Å². The Morgan fingerprint density at radius 1 is 1.47 bits per heavy atom. The number of nitrogens with zero attached hydrogens (tertiary/aromatic N) is 4. The average molecular weight is 227 g/mol. The molecule has 2 aromatic heterocycles. The zero-order valence-electron chi connectivity index (χ0n) is 9.59. The first-order chi connectivity index (χ1) is 8.29. The molecule has 0 aliphatic rings. The van der Waals surface area contributed by atoms with Gasteiger partial charge >= 0.3 is 0 Å². The van der Waals surface area contributed by atoms with E-state index in [0.29, 0.717) is 5.56 Å². The molecule has 0 bridgehead atoms. The Kier molecular flexibility index (Phi) is 3.36. The van der Waals surface area contributed by atoms with E-state index in [1.807, 2.05) is 19.3 Å². The molecule has 0 aromatic carbocycles. The van der Waals surface area contributed by atoms with Gasteiger partial charge in [-0.1, -0.05) is 0 Å². The van der Waals surface area contributed by atoms with Crippen LogP contribution in [0.2, 0.25) is 0 Å². The maximum absolute atomic E-state index is 8.90. The van der Waals surface area contributed by atoms with Crippen molar-refractivity contribution in [1.29, 1.82) is 5.26 Å². The first-order valence-corrected chi connectivity index (χ1v) is 5.36. The molecule has 0 spiro atoms. The van der Waals surface area contributed by atoms with Crippen LogP contribution in [0.5, 0.6) is 0 Å². The van der Waals surface area contributed by atoms with E-state index >= 15 is 0 Å². The minimum atomic E-state index is 0.612. The fourth-order valence-corrected chi connectivity index (χ4v) is 1.55. The van der Waals surface area contributed by atoms with E-state index in [2.05, 4.69) is 21.5 Å². The second-order valence-electron chi connectivity index (χ2n) is 3.69. The van der Waals surface area contributed by atoms with E-state index in [1.54, 1.807) is 23.1 Å². The van der Waals surface area contributed by atoms with Crippen molar-refractivity contribution in [2.45, 2.75) is 6.42 Å². The van der Waals surface area contributed by atoms with Gasteiger partial charge < -0.3 is 5.32 Å². The quantitative estimate of drug-likeness (QED) is 0.856. The summed E-state index contributed by atoms with van der Waals surface area (Å²) in [5.41, 5.74) is 2.41. The summed E-state index contributed by atoms with van der Waals surface area (Å²) in [6.45, 7) is 0.734. The lowest BCUT2D eigenvalue weighted by atomic mass is 10.2. The molecular formula is C12H13N5. The van der Waals surface area contributed by atoms with Crippen molar-refractivity contribution in [3.8, 4) is 6.07 Å². The Morgan fingerprint density at radius 3 is 3.06 bits per heavy atom. The molecule has 2 aromatic rings. The topological polar surface area (TPSA) is 66.5 Å². The van der Waals surface area contributed by atoms with Crippen molar-refractivity contribution >= 4 is 5.69 Å². The van der Waals surface area contributed by atoms with Crippen LogP contribution in [0.15, 0.2) is 30.7 Å². The summed E-state index contributed by atoms with van der Waals surface area (Å²) in [6, 6.07) is 5.81. The first kappa shape index (κ1) is 11.1. The molecule has 0 saturated heterocycles. The lowest BCUT2D eigenvalue weighted by Gasteiger charge is -2.05. The molecule has 0 unspecified atom stereocenters. The second kappa shape index (κ2) is 5.12. The molecule has 0 fully saturated rings. The molecule has 17 heavy (non-hydrogen) atoms. The Balaban J connectivity index is 1.92. The third-order valence-electron chi connectivity index (χ3n) is 2.41. The summed E-state index contributed by atoms with van der Waals surface area (Å²) < 4.78 is 1.78. The van der Waals surface area contributed by atoms with Crippen LogP contribution in [0.3, 0.4) is 0 Å². The molecule has 1 N–H and O–H groups in total. The lowest BCUT2D eigenvalue weighted by Crippen LogP contribution is -2.07. The summed E-state index contributed by atoms with van der Waals surface area (Å²) in [5.74, 6) is 0. The molecule has 2 rings (SSSR count). The molecule has 2 heterocycles. The number of nitrogens with one attached hydrogen (secondary N) is 1. The third kappa shape index (κ3) is 2.82. The van der Waals surface area contributed by atoms with Crippen molar-refractivity contribution in [2.75, 3.05) is 11.9 Å². The minimum Gasteiger partial charge on any atom is -0.382 e. The third-order valence-corrected chi connectivity index (χ3v) is 2.41. The molecule has 0 saturated carbocycles. The largest absolute Gasteiger partial charge is 0.382 e. The van der Waals surface area contributed by atoms with Crippen molar-refractivity contribution in [3.63, 3.8) is 0 Å². The number of nitriles is 1. The van der Waals surface area contributed by atoms with Crippen LogP contribution < -0.4 is 5.32 Å². The van der Waals surface area contributed by atoms with Gasteiger partial charge in [0, 0.05) is 32.4 Å². The van der Waals surface area contributed by atoms with Crippen molar-refractivity contribution in [1.82, 2.24) is 14.8 Å². The number of hydrogen-bond acceptors (Lipinski definition) is 4. The van der Waals surface area contributed by atoms with Gasteiger partial charge in [0.1, 0.15) is 6.07 Å². The predicted octanol–water partition coefficient (Wildman–Crippen LogP) is 1.34. The van der Waals surface area contributed by atoms with Crippen molar-refractivity contribution in [2.24, 2.45) is 7.05 Å². The number of aryl methyl sites for hydroxylation is 1. The van der Waals surface area contributed by atoms with E-state index in [0.717, 1.165) is 24.3 Å². The van der Waals surface area contributed by atoms with Crippen LogP contribution in [-0.4, -0.2) is 21.3 Å². The van der Waals surface area contributed by atoms with Gasteiger partial charge in [-0.15, -0.1) is 0 Å². The van der Waals surface area contributed by atoms with Crippen LogP contribution in [0.1, 0.15) is 11.3 Å². The van der Waals surface area contributed by atoms with Crippen molar-refractivity contribution < 1.29 is 0 Å². The maximum Gasteiger partial charge on any atom is 0.101 e. The number of pyridine rings is 1. The molecule has 0 aliphatic carbocycles. The molecule has 86 valence electrons. The number of hydrogen-bond donors (Lipinski definition) is 1. The summed E-state index contributed by atoms with van der Waals surface area (Å²) in [5, 5.41) is 16.4. The van der Waals surface area contributed by atoms with Gasteiger partial charge in [-0.2, -0.15) is 10.4 Å². The fourth-order valence-electron chi connectivity index (χ4n) is 1.55.